The van der Waals surface area contributed by atoms with Crippen molar-refractivity contribution in [1.29, 1.82) is 0 Å². The van der Waals surface area contributed by atoms with Crippen molar-refractivity contribution in [2.75, 3.05) is 6.54 Å². The van der Waals surface area contributed by atoms with Crippen LogP contribution in [0.3, 0.4) is 0 Å². The maximum absolute atomic E-state index is 3.70. The highest BCUT2D eigenvalue weighted by Crippen LogP contribution is 2.39. The molecular formula is C19H31N. The highest BCUT2D eigenvalue weighted by Gasteiger charge is 2.29. The second-order valence-electron chi connectivity index (χ2n) is 7.42. The van der Waals surface area contributed by atoms with Crippen LogP contribution >= 0.6 is 0 Å². The minimum Gasteiger partial charge on any atom is -0.312 e. The zero-order valence-corrected chi connectivity index (χ0v) is 13.7. The summed E-state index contributed by atoms with van der Waals surface area (Å²) in [5.41, 5.74) is 3.32. The van der Waals surface area contributed by atoms with Crippen LogP contribution in [0, 0.1) is 5.92 Å². The molecule has 1 aromatic carbocycles. The molecule has 112 valence electrons. The summed E-state index contributed by atoms with van der Waals surface area (Å²) in [7, 11) is 0. The topological polar surface area (TPSA) is 12.0 Å². The van der Waals surface area contributed by atoms with Crippen molar-refractivity contribution in [2.24, 2.45) is 5.92 Å². The molecule has 2 rings (SSSR count). The highest BCUT2D eigenvalue weighted by molar-refractivity contribution is 5.28. The van der Waals surface area contributed by atoms with E-state index in [1.807, 2.05) is 0 Å². The number of rotatable bonds is 5. The third-order valence-electron chi connectivity index (χ3n) is 4.47. The molecule has 0 aromatic heterocycles. The maximum Gasteiger partial charge on any atom is 0.00966 e. The molecule has 0 bridgehead atoms. The van der Waals surface area contributed by atoms with E-state index >= 15 is 0 Å². The largest absolute Gasteiger partial charge is 0.312 e. The average molecular weight is 273 g/mol. The Morgan fingerprint density at radius 3 is 2.70 bits per heavy atom. The molecule has 1 N–H and O–H groups in total. The molecule has 20 heavy (non-hydrogen) atoms. The summed E-state index contributed by atoms with van der Waals surface area (Å²) in [4.78, 5) is 0. The summed E-state index contributed by atoms with van der Waals surface area (Å²) >= 11 is 0. The van der Waals surface area contributed by atoms with Crippen molar-refractivity contribution in [3.05, 3.63) is 35.4 Å². The molecule has 2 unspecified atom stereocenters. The van der Waals surface area contributed by atoms with E-state index in [0.717, 1.165) is 18.4 Å². The fraction of sp³-hybridized carbons (Fsp3) is 0.684. The fourth-order valence-corrected chi connectivity index (χ4v) is 3.43. The van der Waals surface area contributed by atoms with Crippen LogP contribution in [0.4, 0.5) is 0 Å². The molecule has 0 aliphatic heterocycles. The predicted molar refractivity (Wildman–Crippen MR) is 88.3 cm³/mol. The fourth-order valence-electron chi connectivity index (χ4n) is 3.43. The smallest absolute Gasteiger partial charge is 0.00966 e. The van der Waals surface area contributed by atoms with Crippen LogP contribution in [0.2, 0.25) is 0 Å². The Morgan fingerprint density at radius 2 is 2.00 bits per heavy atom. The number of benzene rings is 1. The molecule has 1 aliphatic rings. The van der Waals surface area contributed by atoms with E-state index in [1.165, 1.54) is 37.7 Å². The Labute approximate surface area is 125 Å². The minimum atomic E-state index is 0.233. The van der Waals surface area contributed by atoms with E-state index in [1.54, 1.807) is 5.56 Å². The number of hydrogen-bond donors (Lipinski definition) is 1. The summed E-state index contributed by atoms with van der Waals surface area (Å²) in [5, 5.41) is 3.70. The van der Waals surface area contributed by atoms with Gasteiger partial charge in [0.25, 0.3) is 0 Å². The third kappa shape index (κ3) is 4.34. The summed E-state index contributed by atoms with van der Waals surface area (Å²) in [6.45, 7) is 10.2. The zero-order chi connectivity index (χ0) is 14.6. The van der Waals surface area contributed by atoms with Crippen LogP contribution in [0.5, 0.6) is 0 Å². The molecule has 0 saturated heterocycles. The van der Waals surface area contributed by atoms with Gasteiger partial charge in [-0.2, -0.15) is 0 Å². The first-order valence-electron chi connectivity index (χ1n) is 8.33. The zero-order valence-electron chi connectivity index (χ0n) is 13.7. The first-order chi connectivity index (χ1) is 9.49. The Kier molecular flexibility index (Phi) is 5.26. The van der Waals surface area contributed by atoms with Crippen molar-refractivity contribution in [1.82, 2.24) is 5.32 Å². The molecular weight excluding hydrogens is 242 g/mol. The van der Waals surface area contributed by atoms with Crippen LogP contribution in [0.15, 0.2) is 24.3 Å². The van der Waals surface area contributed by atoms with Crippen molar-refractivity contribution in [3.8, 4) is 0 Å². The Balaban J connectivity index is 2.04. The molecule has 1 saturated carbocycles. The Morgan fingerprint density at radius 1 is 1.20 bits per heavy atom. The predicted octanol–water partition coefficient (Wildman–Crippen LogP) is 4.91. The van der Waals surface area contributed by atoms with Crippen LogP contribution in [-0.2, 0) is 6.42 Å². The van der Waals surface area contributed by atoms with Gasteiger partial charge in [-0.15, -0.1) is 0 Å². The third-order valence-corrected chi connectivity index (χ3v) is 4.47. The van der Waals surface area contributed by atoms with E-state index in [9.17, 15) is 0 Å². The van der Waals surface area contributed by atoms with Crippen molar-refractivity contribution in [2.45, 2.75) is 71.3 Å². The highest BCUT2D eigenvalue weighted by atomic mass is 14.9. The molecule has 0 heterocycles. The molecule has 0 amide bonds. The van der Waals surface area contributed by atoms with Crippen molar-refractivity contribution >= 4 is 0 Å². The van der Waals surface area contributed by atoms with Gasteiger partial charge in [0.2, 0.25) is 0 Å². The second kappa shape index (κ2) is 6.76. The van der Waals surface area contributed by atoms with E-state index in [0.29, 0.717) is 0 Å². The summed E-state index contributed by atoms with van der Waals surface area (Å²) in [6, 6.07) is 9.35. The van der Waals surface area contributed by atoms with E-state index in [-0.39, 0.29) is 5.54 Å². The lowest BCUT2D eigenvalue weighted by molar-refractivity contribution is 0.356. The van der Waals surface area contributed by atoms with Crippen LogP contribution in [0.1, 0.15) is 70.4 Å². The molecule has 1 nitrogen and oxygen atoms in total. The van der Waals surface area contributed by atoms with Crippen molar-refractivity contribution < 1.29 is 0 Å². The molecule has 1 heteroatoms. The van der Waals surface area contributed by atoms with E-state index in [4.69, 9.17) is 0 Å². The van der Waals surface area contributed by atoms with Crippen molar-refractivity contribution in [3.63, 3.8) is 0 Å². The van der Waals surface area contributed by atoms with Gasteiger partial charge < -0.3 is 5.32 Å². The monoisotopic (exact) mass is 273 g/mol. The molecule has 1 aromatic rings. The first kappa shape index (κ1) is 15.6. The van der Waals surface area contributed by atoms with Gasteiger partial charge in [-0.25, -0.2) is 0 Å². The lowest BCUT2D eigenvalue weighted by atomic mass is 9.87. The number of hydrogen-bond acceptors (Lipinski definition) is 1. The van der Waals surface area contributed by atoms with Crippen LogP contribution in [0.25, 0.3) is 0 Å². The lowest BCUT2D eigenvalue weighted by Crippen LogP contribution is -2.39. The minimum absolute atomic E-state index is 0.233. The van der Waals surface area contributed by atoms with Crippen LogP contribution in [-0.4, -0.2) is 12.1 Å². The molecule has 2 atom stereocenters. The van der Waals surface area contributed by atoms with E-state index in [2.05, 4.69) is 57.3 Å². The van der Waals surface area contributed by atoms with E-state index < -0.39 is 0 Å². The van der Waals surface area contributed by atoms with Gasteiger partial charge in [0.05, 0.1) is 0 Å². The average Bonchev–Trinajstić information content (AvgIpc) is 2.84. The summed E-state index contributed by atoms with van der Waals surface area (Å²) in [5.74, 6) is 1.58. The van der Waals surface area contributed by atoms with Crippen LogP contribution < -0.4 is 5.32 Å². The first-order valence-corrected chi connectivity index (χ1v) is 8.33. The molecule has 1 aliphatic carbocycles. The number of aryl methyl sites for hydroxylation is 1. The Hall–Kier alpha value is -0.820. The van der Waals surface area contributed by atoms with Gasteiger partial charge in [-0.1, -0.05) is 44.0 Å². The van der Waals surface area contributed by atoms with Gasteiger partial charge in [0, 0.05) is 5.54 Å². The maximum atomic E-state index is 3.70. The quantitative estimate of drug-likeness (QED) is 0.803. The van der Waals surface area contributed by atoms with Gasteiger partial charge in [-0.05, 0) is 69.5 Å². The standard InChI is InChI=1S/C19H31N/c1-5-8-15-9-6-10-16(13-15)18-12-7-11-17(18)14-20-19(2,3)4/h6,9-10,13,17-18,20H,5,7-8,11-12,14H2,1-4H3. The summed E-state index contributed by atoms with van der Waals surface area (Å²) in [6.07, 6.45) is 6.59. The molecule has 1 fully saturated rings. The van der Waals surface area contributed by atoms with Gasteiger partial charge in [0.15, 0.2) is 0 Å². The normalized spacial score (nSPS) is 23.2. The van der Waals surface area contributed by atoms with Gasteiger partial charge in [0.1, 0.15) is 0 Å². The Bertz CT molecular complexity index is 416. The molecule has 0 radical (unpaired) electrons. The SMILES string of the molecule is CCCc1cccc(C2CCCC2CNC(C)(C)C)c1. The summed E-state index contributed by atoms with van der Waals surface area (Å²) < 4.78 is 0. The number of nitrogens with one attached hydrogen (secondary N) is 1. The lowest BCUT2D eigenvalue weighted by Gasteiger charge is -2.27. The van der Waals surface area contributed by atoms with Gasteiger partial charge in [-0.3, -0.25) is 0 Å². The van der Waals surface area contributed by atoms with Gasteiger partial charge >= 0.3 is 0 Å². The molecule has 0 spiro atoms. The second-order valence-corrected chi connectivity index (χ2v) is 7.42.